The number of hydrogen-bond donors (Lipinski definition) is 0. The molecule has 60 heavy (non-hydrogen) atoms. The molecule has 1 aromatic heterocycles. The maximum absolute atomic E-state index is 4.82. The van der Waals surface area contributed by atoms with Crippen LogP contribution in [0.1, 0.15) is 0 Å². The molecule has 0 unspecified atom stereocenters. The maximum atomic E-state index is 4.82. The first-order chi connectivity index (χ1) is 29.8. The van der Waals surface area contributed by atoms with Gasteiger partial charge < -0.3 is 4.90 Å². The monoisotopic (exact) mass is 768 g/mol. The quantitative estimate of drug-likeness (QED) is 0.139. The van der Waals surface area contributed by atoms with Crippen LogP contribution in [0.25, 0.3) is 73.0 Å². The third-order valence-corrected chi connectivity index (χ3v) is 11.0. The van der Waals surface area contributed by atoms with Gasteiger partial charge in [-0.25, -0.2) is 0 Å². The zero-order valence-corrected chi connectivity index (χ0v) is 32.9. The molecule has 0 aliphatic heterocycles. The molecule has 1 heterocycles. The predicted octanol–water partition coefficient (Wildman–Crippen LogP) is 14.7. The van der Waals surface area contributed by atoms with Crippen molar-refractivity contribution in [3.8, 4) is 73.0 Å². The Hall–Kier alpha value is -8.08. The van der Waals surface area contributed by atoms with E-state index >= 15 is 0 Å². The van der Waals surface area contributed by atoms with E-state index in [1.165, 1.54) is 16.7 Å². The summed E-state index contributed by atoms with van der Waals surface area (Å²) in [6.45, 7) is 0. The van der Waals surface area contributed by atoms with Gasteiger partial charge in [0.2, 0.25) is 0 Å². The molecule has 0 radical (unpaired) electrons. The Morgan fingerprint density at radius 1 is 0.267 bits per heavy atom. The molecule has 10 rings (SSSR count). The standard InChI is InChI=1S/C56H40N4/c1-5-18-41(19-6-1)46-22-17-27-50(40-46)60-55(44-20-7-2-8-21-44)57-58-56(60)45-34-32-42(33-35-45)51-28-13-15-30-53(51)54-31-16-14-29-52(54)43-36-38-49(39-37-43)59(47-23-9-3-10-24-47)48-25-11-4-12-26-48/h1-40H. The smallest absolute Gasteiger partial charge is 0.168 e. The van der Waals surface area contributed by atoms with Crippen LogP contribution in [-0.4, -0.2) is 14.8 Å². The van der Waals surface area contributed by atoms with Crippen LogP contribution in [0.3, 0.4) is 0 Å². The number of aromatic nitrogens is 3. The number of hydrogen-bond acceptors (Lipinski definition) is 3. The largest absolute Gasteiger partial charge is 0.311 e. The molecule has 0 spiro atoms. The minimum atomic E-state index is 0.783. The van der Waals surface area contributed by atoms with Crippen LogP contribution in [0.2, 0.25) is 0 Å². The Morgan fingerprint density at radius 3 is 1.15 bits per heavy atom. The minimum absolute atomic E-state index is 0.783. The second-order valence-corrected chi connectivity index (χ2v) is 14.7. The predicted molar refractivity (Wildman–Crippen MR) is 249 cm³/mol. The molecule has 0 saturated heterocycles. The fraction of sp³-hybridized carbons (Fsp3) is 0. The lowest BCUT2D eigenvalue weighted by molar-refractivity contribution is 1.07. The summed E-state index contributed by atoms with van der Waals surface area (Å²) in [5.41, 5.74) is 15.6. The fourth-order valence-electron chi connectivity index (χ4n) is 8.07. The second kappa shape index (κ2) is 16.4. The van der Waals surface area contributed by atoms with Crippen molar-refractivity contribution in [2.75, 3.05) is 4.90 Å². The molecule has 0 aliphatic rings. The van der Waals surface area contributed by atoms with Crippen LogP contribution in [-0.2, 0) is 0 Å². The molecule has 4 heteroatoms. The van der Waals surface area contributed by atoms with Crippen molar-refractivity contribution >= 4 is 17.1 Å². The lowest BCUT2D eigenvalue weighted by Gasteiger charge is -2.25. The average molecular weight is 769 g/mol. The Kier molecular flexibility index (Phi) is 9.92. The van der Waals surface area contributed by atoms with Gasteiger partial charge in [0.25, 0.3) is 0 Å². The summed E-state index contributed by atoms with van der Waals surface area (Å²) in [6, 6.07) is 85.4. The number of rotatable bonds is 10. The summed E-state index contributed by atoms with van der Waals surface area (Å²) in [4.78, 5) is 2.29. The van der Waals surface area contributed by atoms with E-state index in [4.69, 9.17) is 10.2 Å². The van der Waals surface area contributed by atoms with Crippen LogP contribution in [0.5, 0.6) is 0 Å². The lowest BCUT2D eigenvalue weighted by Crippen LogP contribution is -2.09. The van der Waals surface area contributed by atoms with E-state index in [1.807, 2.05) is 24.3 Å². The summed E-state index contributed by atoms with van der Waals surface area (Å²) >= 11 is 0. The number of nitrogens with zero attached hydrogens (tertiary/aromatic N) is 4. The van der Waals surface area contributed by atoms with Gasteiger partial charge in [-0.1, -0.05) is 194 Å². The normalized spacial score (nSPS) is 11.0. The zero-order chi connectivity index (χ0) is 40.1. The van der Waals surface area contributed by atoms with Gasteiger partial charge in [-0.05, 0) is 93.0 Å². The summed E-state index contributed by atoms with van der Waals surface area (Å²) in [5.74, 6) is 1.58. The second-order valence-electron chi connectivity index (χ2n) is 14.7. The van der Waals surface area contributed by atoms with Crippen LogP contribution in [0, 0.1) is 0 Å². The molecule has 0 fully saturated rings. The van der Waals surface area contributed by atoms with Crippen molar-refractivity contribution in [2.24, 2.45) is 0 Å². The first kappa shape index (κ1) is 36.3. The Labute approximate surface area is 351 Å². The highest BCUT2D eigenvalue weighted by atomic mass is 15.3. The molecule has 4 nitrogen and oxygen atoms in total. The van der Waals surface area contributed by atoms with Crippen molar-refractivity contribution < 1.29 is 0 Å². The molecule has 0 atom stereocenters. The van der Waals surface area contributed by atoms with Gasteiger partial charge in [0.1, 0.15) is 0 Å². The van der Waals surface area contributed by atoms with E-state index in [2.05, 4.69) is 228 Å². The van der Waals surface area contributed by atoms with Crippen LogP contribution < -0.4 is 4.90 Å². The van der Waals surface area contributed by atoms with Gasteiger partial charge in [-0.3, -0.25) is 4.57 Å². The van der Waals surface area contributed by atoms with E-state index in [0.29, 0.717) is 0 Å². The average Bonchev–Trinajstić information content (AvgIpc) is 3.79. The van der Waals surface area contributed by atoms with Gasteiger partial charge in [0, 0.05) is 33.9 Å². The molecule has 284 valence electrons. The molecule has 9 aromatic carbocycles. The molecule has 0 aliphatic carbocycles. The van der Waals surface area contributed by atoms with E-state index < -0.39 is 0 Å². The van der Waals surface area contributed by atoms with Crippen molar-refractivity contribution in [1.29, 1.82) is 0 Å². The van der Waals surface area contributed by atoms with E-state index in [-0.39, 0.29) is 0 Å². The number of anilines is 3. The highest BCUT2D eigenvalue weighted by Crippen LogP contribution is 2.41. The van der Waals surface area contributed by atoms with E-state index in [1.54, 1.807) is 0 Å². The van der Waals surface area contributed by atoms with Gasteiger partial charge in [0.05, 0.1) is 0 Å². The van der Waals surface area contributed by atoms with Crippen molar-refractivity contribution in [3.05, 3.63) is 243 Å². The third-order valence-electron chi connectivity index (χ3n) is 11.0. The van der Waals surface area contributed by atoms with Gasteiger partial charge in [-0.2, -0.15) is 0 Å². The van der Waals surface area contributed by atoms with E-state index in [9.17, 15) is 0 Å². The van der Waals surface area contributed by atoms with Crippen molar-refractivity contribution in [2.45, 2.75) is 0 Å². The maximum Gasteiger partial charge on any atom is 0.168 e. The number of para-hydroxylation sites is 2. The lowest BCUT2D eigenvalue weighted by atomic mass is 9.89. The molecular formula is C56H40N4. The fourth-order valence-corrected chi connectivity index (χ4v) is 8.07. The molecule has 10 aromatic rings. The Morgan fingerprint density at radius 2 is 0.633 bits per heavy atom. The van der Waals surface area contributed by atoms with Crippen LogP contribution in [0.15, 0.2) is 243 Å². The first-order valence-corrected chi connectivity index (χ1v) is 20.3. The topological polar surface area (TPSA) is 34.0 Å². The molecule has 0 N–H and O–H groups in total. The Balaban J connectivity index is 1.00. The molecular weight excluding hydrogens is 729 g/mol. The molecule has 0 saturated carbocycles. The highest BCUT2D eigenvalue weighted by molar-refractivity contribution is 5.92. The summed E-state index contributed by atoms with van der Waals surface area (Å²) in [7, 11) is 0. The van der Waals surface area contributed by atoms with Crippen molar-refractivity contribution in [3.63, 3.8) is 0 Å². The van der Waals surface area contributed by atoms with Gasteiger partial charge in [0.15, 0.2) is 11.6 Å². The summed E-state index contributed by atoms with van der Waals surface area (Å²) in [6.07, 6.45) is 0. The summed E-state index contributed by atoms with van der Waals surface area (Å²) < 4.78 is 2.17. The van der Waals surface area contributed by atoms with Gasteiger partial charge >= 0.3 is 0 Å². The minimum Gasteiger partial charge on any atom is -0.311 e. The zero-order valence-electron chi connectivity index (χ0n) is 32.9. The SMILES string of the molecule is c1ccc(-c2cccc(-n3c(-c4ccccc4)nnc3-c3ccc(-c4ccccc4-c4ccccc4-c4ccc(N(c5ccccc5)c5ccccc5)cc4)cc3)c2)cc1. The first-order valence-electron chi connectivity index (χ1n) is 20.3. The number of benzene rings is 9. The van der Waals surface area contributed by atoms with E-state index in [0.717, 1.165) is 73.3 Å². The van der Waals surface area contributed by atoms with Crippen LogP contribution in [0.4, 0.5) is 17.1 Å². The van der Waals surface area contributed by atoms with Crippen molar-refractivity contribution in [1.82, 2.24) is 14.8 Å². The summed E-state index contributed by atoms with van der Waals surface area (Å²) in [5, 5.41) is 9.59. The molecule has 0 amide bonds. The van der Waals surface area contributed by atoms with Crippen LogP contribution >= 0.6 is 0 Å². The van der Waals surface area contributed by atoms with Gasteiger partial charge in [-0.15, -0.1) is 10.2 Å². The highest BCUT2D eigenvalue weighted by Gasteiger charge is 2.19. The Bertz CT molecular complexity index is 2960. The third kappa shape index (κ3) is 7.19. The molecule has 0 bridgehead atoms.